The van der Waals surface area contributed by atoms with Crippen LogP contribution in [0.2, 0.25) is 0 Å². The molecule has 1 aliphatic rings. The van der Waals surface area contributed by atoms with Gasteiger partial charge in [-0.05, 0) is 59.0 Å². The zero-order valence-electron chi connectivity index (χ0n) is 18.3. The Morgan fingerprint density at radius 1 is 1.03 bits per heavy atom. The highest BCUT2D eigenvalue weighted by Crippen LogP contribution is 2.53. The molecule has 8 nitrogen and oxygen atoms in total. The Kier molecular flexibility index (Phi) is 5.10. The van der Waals surface area contributed by atoms with Crippen molar-refractivity contribution in [3.05, 3.63) is 71.1 Å². The predicted molar refractivity (Wildman–Crippen MR) is 120 cm³/mol. The molecule has 4 rings (SSSR count). The van der Waals surface area contributed by atoms with Crippen molar-refractivity contribution >= 4 is 11.6 Å². The van der Waals surface area contributed by atoms with Crippen LogP contribution >= 0.6 is 0 Å². The minimum atomic E-state index is -0.635. The fourth-order valence-corrected chi connectivity index (χ4v) is 4.43. The molecule has 0 radical (unpaired) electrons. The van der Waals surface area contributed by atoms with Crippen molar-refractivity contribution in [1.82, 2.24) is 30.4 Å². The molecule has 0 bridgehead atoms. The van der Waals surface area contributed by atoms with Crippen LogP contribution in [0.4, 0.5) is 0 Å². The summed E-state index contributed by atoms with van der Waals surface area (Å²) < 4.78 is 0. The summed E-state index contributed by atoms with van der Waals surface area (Å²) in [5.74, 6) is 0.526. The molecule has 1 heterocycles. The fraction of sp³-hybridized carbons (Fsp3) is 0.304. The summed E-state index contributed by atoms with van der Waals surface area (Å²) in [7, 11) is 7.44. The van der Waals surface area contributed by atoms with Crippen molar-refractivity contribution in [3.8, 4) is 11.1 Å². The Morgan fingerprint density at radius 2 is 1.65 bits per heavy atom. The molecule has 0 saturated carbocycles. The third-order valence-corrected chi connectivity index (χ3v) is 6.02. The Morgan fingerprint density at radius 3 is 2.16 bits per heavy atom. The van der Waals surface area contributed by atoms with Crippen molar-refractivity contribution in [2.24, 2.45) is 5.73 Å². The van der Waals surface area contributed by atoms with E-state index in [0.29, 0.717) is 24.4 Å². The van der Waals surface area contributed by atoms with Gasteiger partial charge in [-0.15, -0.1) is 10.2 Å². The van der Waals surface area contributed by atoms with Crippen molar-refractivity contribution in [2.45, 2.75) is 11.8 Å². The summed E-state index contributed by atoms with van der Waals surface area (Å²) in [5, 5.41) is 15.1. The van der Waals surface area contributed by atoms with Crippen LogP contribution in [0.25, 0.3) is 16.8 Å². The Bertz CT molecular complexity index is 1080. The average Bonchev–Trinajstić information content (AvgIpc) is 3.38. The monoisotopic (exact) mass is 417 g/mol. The molecule has 8 heteroatoms. The molecule has 0 fully saturated rings. The second kappa shape index (κ2) is 7.63. The first-order valence-electron chi connectivity index (χ1n) is 10.1. The average molecular weight is 418 g/mol. The van der Waals surface area contributed by atoms with Gasteiger partial charge in [-0.2, -0.15) is 5.21 Å². The molecule has 1 amide bonds. The first-order valence-corrected chi connectivity index (χ1v) is 10.1. The van der Waals surface area contributed by atoms with Crippen LogP contribution in [-0.2, 0) is 5.41 Å². The van der Waals surface area contributed by atoms with E-state index in [1.165, 1.54) is 0 Å². The molecule has 31 heavy (non-hydrogen) atoms. The molecular formula is C23H27N7O. The van der Waals surface area contributed by atoms with E-state index in [1.54, 1.807) is 19.0 Å². The van der Waals surface area contributed by atoms with Crippen LogP contribution in [0.3, 0.4) is 0 Å². The highest BCUT2D eigenvalue weighted by Gasteiger charge is 2.47. The van der Waals surface area contributed by atoms with Crippen LogP contribution in [0, 0.1) is 0 Å². The molecule has 1 aromatic heterocycles. The lowest BCUT2D eigenvalue weighted by atomic mass is 9.74. The van der Waals surface area contributed by atoms with Crippen LogP contribution in [-0.4, -0.2) is 71.1 Å². The predicted octanol–water partition coefficient (Wildman–Crippen LogP) is 2.10. The maximum Gasteiger partial charge on any atom is 0.253 e. The Balaban J connectivity index is 2.02. The third-order valence-electron chi connectivity index (χ3n) is 6.02. The van der Waals surface area contributed by atoms with Crippen LogP contribution in [0.15, 0.2) is 43.0 Å². The van der Waals surface area contributed by atoms with Crippen LogP contribution in [0.5, 0.6) is 0 Å². The number of hydrogen-bond acceptors (Lipinski definition) is 6. The van der Waals surface area contributed by atoms with Crippen molar-refractivity contribution < 1.29 is 4.79 Å². The standard InChI is InChI=1S/C23H27N7O/c1-14(29(2)3)15-6-8-19-17(12-15)18-13-16(21(31)30(4)5)7-9-20(18)23(19,10-11-24)22-25-27-28-26-22/h6-9,12-13H,1,10-11,24H2,2-5H3,(H,25,26,27,28). The first-order chi connectivity index (χ1) is 14.8. The van der Waals surface area contributed by atoms with Gasteiger partial charge in [-0.3, -0.25) is 4.79 Å². The first kappa shape index (κ1) is 20.7. The number of nitrogens with two attached hydrogens (primary N) is 1. The van der Waals surface area contributed by atoms with Gasteiger partial charge in [0.2, 0.25) is 0 Å². The summed E-state index contributed by atoms with van der Waals surface area (Å²) in [4.78, 5) is 16.2. The summed E-state index contributed by atoms with van der Waals surface area (Å²) >= 11 is 0. The number of hydrogen-bond donors (Lipinski definition) is 2. The van der Waals surface area contributed by atoms with E-state index in [4.69, 9.17) is 5.73 Å². The molecule has 1 aliphatic carbocycles. The minimum absolute atomic E-state index is 0.0471. The third kappa shape index (κ3) is 3.11. The lowest BCUT2D eigenvalue weighted by Crippen LogP contribution is -2.31. The van der Waals surface area contributed by atoms with Gasteiger partial charge in [-0.1, -0.05) is 30.0 Å². The highest BCUT2D eigenvalue weighted by molar-refractivity contribution is 5.97. The van der Waals surface area contributed by atoms with Gasteiger partial charge in [0.05, 0.1) is 5.41 Å². The number of H-pyrrole nitrogens is 1. The molecule has 3 N–H and O–H groups in total. The van der Waals surface area contributed by atoms with E-state index >= 15 is 0 Å². The molecule has 2 aromatic carbocycles. The Hall–Kier alpha value is -3.52. The number of aromatic amines is 1. The van der Waals surface area contributed by atoms with Crippen LogP contribution < -0.4 is 5.73 Å². The largest absolute Gasteiger partial charge is 0.378 e. The van der Waals surface area contributed by atoms with E-state index in [1.807, 2.05) is 37.2 Å². The van der Waals surface area contributed by atoms with E-state index in [2.05, 4.69) is 45.4 Å². The number of tetrazole rings is 1. The molecule has 3 aromatic rings. The van der Waals surface area contributed by atoms with Gasteiger partial charge in [0.15, 0.2) is 5.82 Å². The SMILES string of the molecule is C=C(c1ccc2c(c1)-c1cc(C(=O)N(C)C)ccc1C2(CCN)c1nn[nH]n1)N(C)C. The quantitative estimate of drug-likeness (QED) is 0.637. The number of carbonyl (C=O) groups is 1. The zero-order chi connectivity index (χ0) is 22.3. The van der Waals surface area contributed by atoms with Crippen molar-refractivity contribution in [1.29, 1.82) is 0 Å². The number of fused-ring (bicyclic) bond motifs is 3. The van der Waals surface area contributed by atoms with E-state index in [9.17, 15) is 4.79 Å². The molecular weight excluding hydrogens is 390 g/mol. The van der Waals surface area contributed by atoms with Crippen molar-refractivity contribution in [2.75, 3.05) is 34.7 Å². The van der Waals surface area contributed by atoms with E-state index in [-0.39, 0.29) is 5.91 Å². The normalized spacial score (nSPS) is 16.5. The molecule has 0 saturated heterocycles. The lowest BCUT2D eigenvalue weighted by molar-refractivity contribution is 0.0827. The minimum Gasteiger partial charge on any atom is -0.378 e. The number of nitrogens with one attached hydrogen (secondary N) is 1. The molecule has 1 atom stereocenters. The number of nitrogens with zero attached hydrogens (tertiary/aromatic N) is 5. The van der Waals surface area contributed by atoms with Crippen molar-refractivity contribution in [3.63, 3.8) is 0 Å². The fourth-order valence-electron chi connectivity index (χ4n) is 4.43. The Labute approximate surface area is 181 Å². The van der Waals surface area contributed by atoms with Gasteiger partial charge in [-0.25, -0.2) is 0 Å². The maximum absolute atomic E-state index is 12.7. The molecule has 0 aliphatic heterocycles. The topological polar surface area (TPSA) is 104 Å². The summed E-state index contributed by atoms with van der Waals surface area (Å²) in [5.41, 5.74) is 12.1. The number of carbonyl (C=O) groups excluding carboxylic acids is 1. The summed E-state index contributed by atoms with van der Waals surface area (Å²) in [6.45, 7) is 4.65. The maximum atomic E-state index is 12.7. The number of benzene rings is 2. The second-order valence-corrected chi connectivity index (χ2v) is 8.24. The number of amides is 1. The molecule has 0 spiro atoms. The van der Waals surface area contributed by atoms with Gasteiger partial charge in [0, 0.05) is 39.5 Å². The molecule has 1 unspecified atom stereocenters. The van der Waals surface area contributed by atoms with E-state index in [0.717, 1.165) is 33.5 Å². The lowest BCUT2D eigenvalue weighted by Gasteiger charge is -2.28. The number of rotatable bonds is 6. The molecule has 160 valence electrons. The second-order valence-electron chi connectivity index (χ2n) is 8.24. The van der Waals surface area contributed by atoms with Gasteiger partial charge in [0.25, 0.3) is 5.91 Å². The summed E-state index contributed by atoms with van der Waals surface area (Å²) in [6.07, 6.45) is 0.613. The van der Waals surface area contributed by atoms with Gasteiger partial charge in [0.1, 0.15) is 0 Å². The summed E-state index contributed by atoms with van der Waals surface area (Å²) in [6, 6.07) is 12.1. The van der Waals surface area contributed by atoms with Gasteiger partial charge < -0.3 is 15.5 Å². The van der Waals surface area contributed by atoms with Crippen LogP contribution in [0.1, 0.15) is 39.3 Å². The smallest absolute Gasteiger partial charge is 0.253 e. The number of aromatic nitrogens is 4. The van der Waals surface area contributed by atoms with E-state index < -0.39 is 5.41 Å². The highest BCUT2D eigenvalue weighted by atomic mass is 16.2. The zero-order valence-corrected chi connectivity index (χ0v) is 18.3. The van der Waals surface area contributed by atoms with Gasteiger partial charge >= 0.3 is 0 Å².